The summed E-state index contributed by atoms with van der Waals surface area (Å²) in [5.41, 5.74) is 6.41. The fourth-order valence-electron chi connectivity index (χ4n) is 0.789. The van der Waals surface area contributed by atoms with Crippen LogP contribution in [0.2, 0.25) is 0 Å². The molecule has 0 saturated heterocycles. The van der Waals surface area contributed by atoms with E-state index in [0.29, 0.717) is 11.6 Å². The largest absolute Gasteiger partial charge is 0.326 e. The minimum Gasteiger partial charge on any atom is -0.326 e. The average Bonchev–Trinajstić information content (AvgIpc) is 2.06. The first-order chi connectivity index (χ1) is 5.33. The van der Waals surface area contributed by atoms with Crippen molar-refractivity contribution in [3.63, 3.8) is 0 Å². The Morgan fingerprint density at radius 2 is 2.00 bits per heavy atom. The first-order valence-electron chi connectivity index (χ1n) is 3.44. The van der Waals surface area contributed by atoms with Gasteiger partial charge in [0.25, 0.3) is 0 Å². The zero-order valence-electron chi connectivity index (χ0n) is 6.13. The molecule has 1 aromatic rings. The second-order valence-corrected chi connectivity index (χ2v) is 2.69. The van der Waals surface area contributed by atoms with Crippen molar-refractivity contribution in [3.05, 3.63) is 40.9 Å². The molecule has 58 valence electrons. The zero-order chi connectivity index (χ0) is 8.10. The van der Waals surface area contributed by atoms with Gasteiger partial charge in [0.2, 0.25) is 0 Å². The van der Waals surface area contributed by atoms with Crippen molar-refractivity contribution < 1.29 is 0 Å². The maximum absolute atomic E-state index is 5.74. The van der Waals surface area contributed by atoms with Gasteiger partial charge in [-0.25, -0.2) is 0 Å². The van der Waals surface area contributed by atoms with Gasteiger partial charge in [-0.1, -0.05) is 41.9 Å². The van der Waals surface area contributed by atoms with Crippen molar-refractivity contribution in [2.24, 2.45) is 5.73 Å². The summed E-state index contributed by atoms with van der Waals surface area (Å²) >= 11 is 5.74. The molecule has 0 aliphatic rings. The van der Waals surface area contributed by atoms with E-state index < -0.39 is 0 Å². The molecule has 0 unspecified atom stereocenters. The van der Waals surface area contributed by atoms with E-state index in [0.717, 1.165) is 5.56 Å². The third-order valence-corrected chi connectivity index (χ3v) is 1.58. The van der Waals surface area contributed by atoms with Crippen molar-refractivity contribution in [2.75, 3.05) is 6.54 Å². The monoisotopic (exact) mass is 167 g/mol. The maximum atomic E-state index is 5.74. The van der Waals surface area contributed by atoms with Crippen LogP contribution in [0.3, 0.4) is 0 Å². The predicted molar refractivity (Wildman–Crippen MR) is 49.3 cm³/mol. The summed E-state index contributed by atoms with van der Waals surface area (Å²) in [6.45, 7) is 0.399. The van der Waals surface area contributed by atoms with Crippen LogP contribution in [0, 0.1) is 0 Å². The Kier molecular flexibility index (Phi) is 3.14. The van der Waals surface area contributed by atoms with Gasteiger partial charge >= 0.3 is 0 Å². The predicted octanol–water partition coefficient (Wildman–Crippen LogP) is 2.23. The van der Waals surface area contributed by atoms with E-state index in [1.807, 2.05) is 36.4 Å². The minimum absolute atomic E-state index is 0.399. The summed E-state index contributed by atoms with van der Waals surface area (Å²) in [4.78, 5) is 0. The van der Waals surface area contributed by atoms with Crippen LogP contribution in [-0.4, -0.2) is 6.54 Å². The van der Waals surface area contributed by atoms with Gasteiger partial charge in [-0.3, -0.25) is 0 Å². The van der Waals surface area contributed by atoms with Crippen molar-refractivity contribution in [1.29, 1.82) is 0 Å². The molecule has 1 aromatic carbocycles. The number of hydrogen-bond donors (Lipinski definition) is 1. The van der Waals surface area contributed by atoms with Crippen LogP contribution in [0.15, 0.2) is 35.4 Å². The van der Waals surface area contributed by atoms with Gasteiger partial charge in [0.1, 0.15) is 0 Å². The summed E-state index contributed by atoms with van der Waals surface area (Å²) < 4.78 is 0. The summed E-state index contributed by atoms with van der Waals surface area (Å²) in [6, 6.07) is 9.86. The Bertz CT molecular complexity index is 241. The molecule has 11 heavy (non-hydrogen) atoms. The minimum atomic E-state index is 0.399. The number of nitrogens with two attached hydrogens (primary N) is 1. The summed E-state index contributed by atoms with van der Waals surface area (Å²) in [6.07, 6.45) is 1.86. The van der Waals surface area contributed by atoms with Crippen molar-refractivity contribution >= 4 is 17.7 Å². The average molecular weight is 168 g/mol. The third-order valence-electron chi connectivity index (χ3n) is 1.32. The van der Waals surface area contributed by atoms with E-state index in [1.165, 1.54) is 0 Å². The van der Waals surface area contributed by atoms with Gasteiger partial charge in [0, 0.05) is 11.6 Å². The molecule has 1 nitrogen and oxygen atoms in total. The highest BCUT2D eigenvalue weighted by molar-refractivity contribution is 6.31. The van der Waals surface area contributed by atoms with E-state index in [1.54, 1.807) is 0 Å². The van der Waals surface area contributed by atoms with E-state index in [4.69, 9.17) is 17.3 Å². The van der Waals surface area contributed by atoms with Crippen LogP contribution < -0.4 is 5.73 Å². The van der Waals surface area contributed by atoms with Gasteiger partial charge in [0.05, 0.1) is 0 Å². The van der Waals surface area contributed by atoms with E-state index in [9.17, 15) is 0 Å². The highest BCUT2D eigenvalue weighted by Crippen LogP contribution is 2.07. The lowest BCUT2D eigenvalue weighted by atomic mass is 10.2. The van der Waals surface area contributed by atoms with Gasteiger partial charge in [0.15, 0.2) is 0 Å². The third kappa shape index (κ3) is 2.74. The van der Waals surface area contributed by atoms with Crippen LogP contribution in [0.25, 0.3) is 6.08 Å². The smallest absolute Gasteiger partial charge is 0.0322 e. The number of halogens is 1. The van der Waals surface area contributed by atoms with Gasteiger partial charge < -0.3 is 5.73 Å². The van der Waals surface area contributed by atoms with Crippen LogP contribution in [0.4, 0.5) is 0 Å². The molecule has 0 bridgehead atoms. The lowest BCUT2D eigenvalue weighted by Crippen LogP contribution is -1.97. The van der Waals surface area contributed by atoms with Crippen LogP contribution in [0.1, 0.15) is 5.56 Å². The second-order valence-electron chi connectivity index (χ2n) is 2.21. The lowest BCUT2D eigenvalue weighted by molar-refractivity contribution is 1.24. The van der Waals surface area contributed by atoms with E-state index in [-0.39, 0.29) is 0 Å². The molecule has 0 fully saturated rings. The standard InChI is InChI=1S/C9H10ClN/c10-9(7-11)6-8-4-2-1-3-5-8/h1-6H,7,11H2/b9-6+. The first-order valence-corrected chi connectivity index (χ1v) is 3.82. The Labute approximate surface area is 71.5 Å². The van der Waals surface area contributed by atoms with Crippen LogP contribution in [-0.2, 0) is 0 Å². The summed E-state index contributed by atoms with van der Waals surface area (Å²) in [7, 11) is 0. The molecule has 0 amide bonds. The van der Waals surface area contributed by atoms with Crippen molar-refractivity contribution in [3.8, 4) is 0 Å². The van der Waals surface area contributed by atoms with E-state index >= 15 is 0 Å². The van der Waals surface area contributed by atoms with Gasteiger partial charge in [-0.2, -0.15) is 0 Å². The Hall–Kier alpha value is -0.790. The number of benzene rings is 1. The highest BCUT2D eigenvalue weighted by atomic mass is 35.5. The number of rotatable bonds is 2. The normalized spacial score (nSPS) is 11.6. The fraction of sp³-hybridized carbons (Fsp3) is 0.111. The second kappa shape index (κ2) is 4.16. The maximum Gasteiger partial charge on any atom is 0.0322 e. The SMILES string of the molecule is NC/C(Cl)=C\c1ccccc1. The highest BCUT2D eigenvalue weighted by Gasteiger charge is 1.87. The lowest BCUT2D eigenvalue weighted by Gasteiger charge is -1.93. The first kappa shape index (κ1) is 8.31. The molecule has 0 spiro atoms. The zero-order valence-corrected chi connectivity index (χ0v) is 6.88. The molecule has 2 heteroatoms. The Morgan fingerprint density at radius 3 is 2.55 bits per heavy atom. The van der Waals surface area contributed by atoms with Crippen molar-refractivity contribution in [2.45, 2.75) is 0 Å². The van der Waals surface area contributed by atoms with Gasteiger partial charge in [-0.05, 0) is 11.6 Å². The quantitative estimate of drug-likeness (QED) is 0.718. The van der Waals surface area contributed by atoms with Crippen LogP contribution in [0.5, 0.6) is 0 Å². The molecular weight excluding hydrogens is 158 g/mol. The molecule has 0 heterocycles. The molecule has 0 atom stereocenters. The fourth-order valence-corrected chi connectivity index (χ4v) is 0.915. The molecule has 0 aliphatic carbocycles. The van der Waals surface area contributed by atoms with Crippen molar-refractivity contribution in [1.82, 2.24) is 0 Å². The Morgan fingerprint density at radius 1 is 1.36 bits per heavy atom. The summed E-state index contributed by atoms with van der Waals surface area (Å²) in [5, 5.41) is 0.677. The Balaban J connectivity index is 2.79. The molecular formula is C9H10ClN. The molecule has 0 aliphatic heterocycles. The molecule has 0 radical (unpaired) electrons. The van der Waals surface area contributed by atoms with Crippen LogP contribution >= 0.6 is 11.6 Å². The topological polar surface area (TPSA) is 26.0 Å². The van der Waals surface area contributed by atoms with Gasteiger partial charge in [-0.15, -0.1) is 0 Å². The summed E-state index contributed by atoms with van der Waals surface area (Å²) in [5.74, 6) is 0. The molecule has 0 saturated carbocycles. The molecule has 0 aromatic heterocycles. The number of hydrogen-bond acceptors (Lipinski definition) is 1. The molecule has 1 rings (SSSR count). The molecule has 2 N–H and O–H groups in total. The van der Waals surface area contributed by atoms with E-state index in [2.05, 4.69) is 0 Å².